The minimum absolute atomic E-state index is 0.0759. The zero-order valence-corrected chi connectivity index (χ0v) is 16.3. The minimum atomic E-state index is -1.01. The van der Waals surface area contributed by atoms with Crippen molar-refractivity contribution in [1.29, 1.82) is 5.41 Å². The van der Waals surface area contributed by atoms with Crippen LogP contribution in [-0.2, 0) is 6.54 Å². The van der Waals surface area contributed by atoms with Crippen LogP contribution in [0.25, 0.3) is 10.9 Å². The number of nitrogens with one attached hydrogen (secondary N) is 1. The fourth-order valence-electron chi connectivity index (χ4n) is 3.84. The number of halogens is 1. The van der Waals surface area contributed by atoms with Crippen molar-refractivity contribution in [3.8, 4) is 0 Å². The summed E-state index contributed by atoms with van der Waals surface area (Å²) in [6.45, 7) is 0.757. The third kappa shape index (κ3) is 3.63. The molecule has 0 radical (unpaired) electrons. The molecule has 0 saturated carbocycles. The number of amidine groups is 1. The summed E-state index contributed by atoms with van der Waals surface area (Å²) in [5, 5.41) is 8.54. The van der Waals surface area contributed by atoms with Crippen LogP contribution in [0.2, 0.25) is 0 Å². The number of fused-ring (bicyclic) bond motifs is 1. The number of hydrogen-bond acceptors (Lipinski definition) is 3. The fourth-order valence-corrected chi connectivity index (χ4v) is 3.84. The van der Waals surface area contributed by atoms with E-state index in [0.29, 0.717) is 36.3 Å². The Morgan fingerprint density at radius 2 is 1.90 bits per heavy atom. The Bertz CT molecular complexity index is 1170. The molecule has 1 saturated heterocycles. The highest BCUT2D eigenvalue weighted by atomic mass is 19.1. The zero-order valence-electron chi connectivity index (χ0n) is 16.3. The first-order valence-corrected chi connectivity index (χ1v) is 9.63. The highest BCUT2D eigenvalue weighted by Crippen LogP contribution is 2.26. The van der Waals surface area contributed by atoms with Gasteiger partial charge in [-0.2, -0.15) is 0 Å². The van der Waals surface area contributed by atoms with E-state index in [-0.39, 0.29) is 18.3 Å². The average Bonchev–Trinajstić information content (AvgIpc) is 3.31. The van der Waals surface area contributed by atoms with E-state index in [1.807, 2.05) is 10.6 Å². The van der Waals surface area contributed by atoms with Crippen LogP contribution in [0.15, 0.2) is 48.5 Å². The molecule has 0 spiro atoms. The van der Waals surface area contributed by atoms with Crippen LogP contribution in [0.3, 0.4) is 0 Å². The molecule has 5 N–H and O–H groups in total. The van der Waals surface area contributed by atoms with Gasteiger partial charge in [-0.05, 0) is 36.2 Å². The van der Waals surface area contributed by atoms with Crippen molar-refractivity contribution >= 4 is 28.6 Å². The van der Waals surface area contributed by atoms with E-state index < -0.39 is 12.1 Å². The van der Waals surface area contributed by atoms with E-state index in [2.05, 4.69) is 0 Å². The number of nitrogens with two attached hydrogens (primary N) is 2. The van der Waals surface area contributed by atoms with Crippen molar-refractivity contribution in [2.24, 2.45) is 11.5 Å². The number of aromatic nitrogens is 1. The van der Waals surface area contributed by atoms with E-state index in [0.717, 1.165) is 16.5 Å². The lowest BCUT2D eigenvalue weighted by molar-refractivity contribution is 0.0773. The minimum Gasteiger partial charge on any atom is -0.384 e. The highest BCUT2D eigenvalue weighted by molar-refractivity contribution is 6.02. The second kappa shape index (κ2) is 7.62. The van der Waals surface area contributed by atoms with Crippen molar-refractivity contribution in [2.45, 2.75) is 19.1 Å². The zero-order chi connectivity index (χ0) is 21.4. The summed E-state index contributed by atoms with van der Waals surface area (Å²) in [5.41, 5.74) is 13.9. The monoisotopic (exact) mass is 407 g/mol. The number of likely N-dealkylation sites (tertiary alicyclic amines) is 1. The lowest BCUT2D eigenvalue weighted by atomic mass is 10.1. The predicted molar refractivity (Wildman–Crippen MR) is 112 cm³/mol. The number of carbonyl (C=O) groups excluding carboxylic acids is 2. The second-order valence-corrected chi connectivity index (χ2v) is 7.50. The summed E-state index contributed by atoms with van der Waals surface area (Å²) in [6.07, 6.45) is -0.676. The van der Waals surface area contributed by atoms with Gasteiger partial charge in [-0.25, -0.2) is 4.39 Å². The smallest absolute Gasteiger partial charge is 0.270 e. The molecule has 4 rings (SSSR count). The molecule has 2 aromatic carbocycles. The molecule has 0 aliphatic carbocycles. The van der Waals surface area contributed by atoms with Gasteiger partial charge in [-0.1, -0.05) is 24.3 Å². The van der Waals surface area contributed by atoms with Crippen molar-refractivity contribution in [3.63, 3.8) is 0 Å². The summed E-state index contributed by atoms with van der Waals surface area (Å²) < 4.78 is 15.5. The lowest BCUT2D eigenvalue weighted by Crippen LogP contribution is -2.30. The molecule has 2 amide bonds. The molecule has 0 bridgehead atoms. The van der Waals surface area contributed by atoms with E-state index in [1.165, 1.54) is 4.90 Å². The van der Waals surface area contributed by atoms with Crippen molar-refractivity contribution in [1.82, 2.24) is 9.47 Å². The molecular formula is C22H22FN5O2. The fraction of sp³-hybridized carbons (Fsp3) is 0.227. The Balaban J connectivity index is 1.82. The van der Waals surface area contributed by atoms with Crippen molar-refractivity contribution in [2.75, 3.05) is 13.1 Å². The number of carbonyl (C=O) groups is 2. The van der Waals surface area contributed by atoms with Crippen LogP contribution < -0.4 is 11.5 Å². The van der Waals surface area contributed by atoms with Gasteiger partial charge in [0.15, 0.2) is 0 Å². The lowest BCUT2D eigenvalue weighted by Gasteiger charge is -2.18. The first-order valence-electron chi connectivity index (χ1n) is 9.63. The molecule has 154 valence electrons. The number of hydrogen-bond donors (Lipinski definition) is 3. The molecule has 1 atom stereocenters. The standard InChI is InChI=1S/C22H22FN5O2/c23-17-6-7-27(12-17)22(30)19-9-14-4-5-15(20(24)25)10-18(14)28(19)11-13-2-1-3-16(8-13)21(26)29/h1-5,8-10,17H,6-7,11-12H2,(H3,24,25)(H2,26,29)/t17-/m0/s1. The maximum absolute atomic E-state index is 13.7. The number of benzene rings is 2. The largest absolute Gasteiger partial charge is 0.384 e. The number of rotatable bonds is 5. The van der Waals surface area contributed by atoms with Crippen LogP contribution in [0.4, 0.5) is 4.39 Å². The summed E-state index contributed by atoms with van der Waals surface area (Å²) in [4.78, 5) is 26.2. The molecule has 1 aromatic heterocycles. The molecule has 1 aliphatic rings. The molecular weight excluding hydrogens is 385 g/mol. The van der Waals surface area contributed by atoms with Gasteiger partial charge in [-0.15, -0.1) is 0 Å². The first kappa shape index (κ1) is 19.6. The second-order valence-electron chi connectivity index (χ2n) is 7.50. The van der Waals surface area contributed by atoms with Crippen LogP contribution in [0, 0.1) is 5.41 Å². The van der Waals surface area contributed by atoms with Crippen molar-refractivity contribution < 1.29 is 14.0 Å². The highest BCUT2D eigenvalue weighted by Gasteiger charge is 2.29. The average molecular weight is 407 g/mol. The van der Waals surface area contributed by atoms with Gasteiger partial charge < -0.3 is 20.9 Å². The van der Waals surface area contributed by atoms with Crippen LogP contribution >= 0.6 is 0 Å². The molecule has 1 fully saturated rings. The van der Waals surface area contributed by atoms with Crippen LogP contribution in [0.5, 0.6) is 0 Å². The predicted octanol–water partition coefficient (Wildman–Crippen LogP) is 2.26. The molecule has 0 unspecified atom stereocenters. The number of nitrogens with zero attached hydrogens (tertiary/aromatic N) is 2. The van der Waals surface area contributed by atoms with E-state index in [1.54, 1.807) is 42.5 Å². The topological polar surface area (TPSA) is 118 Å². The van der Waals surface area contributed by atoms with Gasteiger partial charge in [0.2, 0.25) is 5.91 Å². The number of nitrogen functional groups attached to an aromatic ring is 1. The molecule has 30 heavy (non-hydrogen) atoms. The molecule has 3 aromatic rings. The SMILES string of the molecule is N=C(N)c1ccc2cc(C(=O)N3CC[C@H](F)C3)n(Cc3cccc(C(N)=O)c3)c2c1. The van der Waals surface area contributed by atoms with Gasteiger partial charge in [-0.3, -0.25) is 15.0 Å². The van der Waals surface area contributed by atoms with Gasteiger partial charge in [0.05, 0.1) is 6.54 Å². The number of amides is 2. The number of alkyl halides is 1. The summed E-state index contributed by atoms with van der Waals surface area (Å²) in [6, 6.07) is 14.0. The molecule has 8 heteroatoms. The van der Waals surface area contributed by atoms with Crippen molar-refractivity contribution in [3.05, 3.63) is 70.9 Å². The Kier molecular flexibility index (Phi) is 4.99. The Morgan fingerprint density at radius 3 is 2.57 bits per heavy atom. The summed E-state index contributed by atoms with van der Waals surface area (Å²) in [5.74, 6) is -0.856. The van der Waals surface area contributed by atoms with Gasteiger partial charge in [0.1, 0.15) is 17.7 Å². The maximum atomic E-state index is 13.7. The van der Waals surface area contributed by atoms with E-state index in [4.69, 9.17) is 16.9 Å². The molecule has 2 heterocycles. The third-order valence-corrected chi connectivity index (χ3v) is 5.40. The van der Waals surface area contributed by atoms with E-state index in [9.17, 15) is 14.0 Å². The molecule has 7 nitrogen and oxygen atoms in total. The van der Waals surface area contributed by atoms with E-state index >= 15 is 0 Å². The number of primary amides is 1. The summed E-state index contributed by atoms with van der Waals surface area (Å²) in [7, 11) is 0. The van der Waals surface area contributed by atoms with Crippen LogP contribution in [-0.4, -0.2) is 46.4 Å². The summed E-state index contributed by atoms with van der Waals surface area (Å²) >= 11 is 0. The first-order chi connectivity index (χ1) is 14.3. The Hall–Kier alpha value is -3.68. The van der Waals surface area contributed by atoms with Crippen LogP contribution in [0.1, 0.15) is 38.4 Å². The normalized spacial score (nSPS) is 16.2. The Labute approximate surface area is 172 Å². The molecule has 1 aliphatic heterocycles. The van der Waals surface area contributed by atoms with Gasteiger partial charge in [0.25, 0.3) is 5.91 Å². The van der Waals surface area contributed by atoms with Gasteiger partial charge >= 0.3 is 0 Å². The maximum Gasteiger partial charge on any atom is 0.270 e. The Morgan fingerprint density at radius 1 is 1.10 bits per heavy atom. The van der Waals surface area contributed by atoms with Gasteiger partial charge in [0, 0.05) is 35.1 Å². The quantitative estimate of drug-likeness (QED) is 0.445. The third-order valence-electron chi connectivity index (χ3n) is 5.40.